The van der Waals surface area contributed by atoms with Crippen LogP contribution in [0.3, 0.4) is 0 Å². The van der Waals surface area contributed by atoms with Crippen LogP contribution in [0.1, 0.15) is 11.3 Å². The van der Waals surface area contributed by atoms with Gasteiger partial charge in [0.25, 0.3) is 0 Å². The number of alkyl halides is 3. The van der Waals surface area contributed by atoms with Gasteiger partial charge in [-0.3, -0.25) is 4.68 Å². The highest BCUT2D eigenvalue weighted by molar-refractivity contribution is 5.67. The lowest BCUT2D eigenvalue weighted by Gasteiger charge is -2.10. The maximum absolute atomic E-state index is 12.6. The zero-order valence-electron chi connectivity index (χ0n) is 11.6. The number of benzene rings is 2. The van der Waals surface area contributed by atoms with E-state index in [9.17, 15) is 13.2 Å². The van der Waals surface area contributed by atoms with Crippen molar-refractivity contribution in [1.82, 2.24) is 9.78 Å². The third kappa shape index (κ3) is 3.03. The van der Waals surface area contributed by atoms with Gasteiger partial charge in [0.05, 0.1) is 6.54 Å². The first-order valence-corrected chi connectivity index (χ1v) is 6.78. The molecule has 0 amide bonds. The summed E-state index contributed by atoms with van der Waals surface area (Å²) in [5, 5.41) is 3.60. The lowest BCUT2D eigenvalue weighted by molar-refractivity contribution is -0.141. The first-order chi connectivity index (χ1) is 10.5. The average Bonchev–Trinajstić information content (AvgIpc) is 2.97. The molecule has 0 aliphatic carbocycles. The summed E-state index contributed by atoms with van der Waals surface area (Å²) in [7, 11) is 0. The van der Waals surface area contributed by atoms with Crippen LogP contribution in [-0.2, 0) is 12.7 Å². The summed E-state index contributed by atoms with van der Waals surface area (Å²) in [6, 6.07) is 18.4. The molecule has 112 valence electrons. The lowest BCUT2D eigenvalue weighted by Crippen LogP contribution is -2.08. The number of halogens is 3. The molecule has 0 unspecified atom stereocenters. The van der Waals surface area contributed by atoms with Crippen LogP contribution in [0.5, 0.6) is 0 Å². The Morgan fingerprint density at radius 2 is 1.55 bits per heavy atom. The van der Waals surface area contributed by atoms with Crippen LogP contribution in [0.4, 0.5) is 13.2 Å². The van der Waals surface area contributed by atoms with Gasteiger partial charge >= 0.3 is 6.18 Å². The molecule has 1 aromatic heterocycles. The molecule has 0 atom stereocenters. The number of aromatic nitrogens is 2. The second kappa shape index (κ2) is 5.67. The third-order valence-electron chi connectivity index (χ3n) is 3.37. The maximum atomic E-state index is 12.6. The van der Waals surface area contributed by atoms with Gasteiger partial charge in [0.1, 0.15) is 0 Å². The molecule has 0 bridgehead atoms. The van der Waals surface area contributed by atoms with Gasteiger partial charge in [0.2, 0.25) is 0 Å². The van der Waals surface area contributed by atoms with Crippen molar-refractivity contribution in [3.63, 3.8) is 0 Å². The molecule has 2 aromatic carbocycles. The van der Waals surface area contributed by atoms with Crippen LogP contribution < -0.4 is 0 Å². The molecule has 1 heterocycles. The Morgan fingerprint density at radius 1 is 0.864 bits per heavy atom. The molecule has 2 nitrogen and oxygen atoms in total. The fraction of sp³-hybridized carbons (Fsp3) is 0.118. The number of hydrogen-bond acceptors (Lipinski definition) is 1. The Labute approximate surface area is 125 Å². The van der Waals surface area contributed by atoms with Crippen molar-refractivity contribution in [1.29, 1.82) is 0 Å². The van der Waals surface area contributed by atoms with Gasteiger partial charge in [-0.2, -0.15) is 18.3 Å². The quantitative estimate of drug-likeness (QED) is 0.690. The maximum Gasteiger partial charge on any atom is 0.435 e. The van der Waals surface area contributed by atoms with E-state index in [1.54, 1.807) is 0 Å². The minimum absolute atomic E-state index is 0.293. The van der Waals surface area contributed by atoms with Crippen LogP contribution in [0.2, 0.25) is 0 Å². The van der Waals surface area contributed by atoms with E-state index < -0.39 is 11.9 Å². The van der Waals surface area contributed by atoms with E-state index in [1.165, 1.54) is 10.9 Å². The second-order valence-corrected chi connectivity index (χ2v) is 4.92. The van der Waals surface area contributed by atoms with E-state index in [2.05, 4.69) is 5.10 Å². The normalized spacial score (nSPS) is 11.6. The van der Waals surface area contributed by atoms with Crippen molar-refractivity contribution in [3.05, 3.63) is 78.1 Å². The molecule has 5 heteroatoms. The Balaban J connectivity index is 1.92. The Hall–Kier alpha value is -2.56. The molecule has 0 saturated heterocycles. The molecule has 0 radical (unpaired) electrons. The van der Waals surface area contributed by atoms with Gasteiger partial charge in [0.15, 0.2) is 5.69 Å². The largest absolute Gasteiger partial charge is 0.435 e. The van der Waals surface area contributed by atoms with Crippen molar-refractivity contribution in [2.45, 2.75) is 12.7 Å². The van der Waals surface area contributed by atoms with Crippen molar-refractivity contribution in [2.75, 3.05) is 0 Å². The number of hydrogen-bond donors (Lipinski definition) is 0. The molecule has 0 fully saturated rings. The third-order valence-corrected chi connectivity index (χ3v) is 3.37. The van der Waals surface area contributed by atoms with Crippen molar-refractivity contribution in [2.24, 2.45) is 0 Å². The summed E-state index contributed by atoms with van der Waals surface area (Å²) in [4.78, 5) is 0. The first-order valence-electron chi connectivity index (χ1n) is 6.78. The van der Waals surface area contributed by atoms with Gasteiger partial charge in [-0.25, -0.2) is 0 Å². The van der Waals surface area contributed by atoms with Gasteiger partial charge in [0, 0.05) is 6.20 Å². The molecule has 3 aromatic rings. The molecule has 0 N–H and O–H groups in total. The van der Waals surface area contributed by atoms with Crippen LogP contribution in [0, 0.1) is 0 Å². The van der Waals surface area contributed by atoms with E-state index in [1.807, 2.05) is 54.6 Å². The van der Waals surface area contributed by atoms with Crippen LogP contribution in [0.25, 0.3) is 11.1 Å². The molecule has 3 rings (SSSR count). The monoisotopic (exact) mass is 302 g/mol. The highest BCUT2D eigenvalue weighted by atomic mass is 19.4. The summed E-state index contributed by atoms with van der Waals surface area (Å²) in [5.74, 6) is 0. The SMILES string of the molecule is FC(F)(F)c1ccn(Cc2ccccc2-c2ccccc2)n1. The summed E-state index contributed by atoms with van der Waals surface area (Å²) < 4.78 is 39.1. The second-order valence-electron chi connectivity index (χ2n) is 4.92. The summed E-state index contributed by atoms with van der Waals surface area (Å²) in [5.41, 5.74) is 2.07. The van der Waals surface area contributed by atoms with Gasteiger partial charge in [-0.1, -0.05) is 54.6 Å². The molecular formula is C17H13F3N2. The molecule has 0 aliphatic heterocycles. The minimum Gasteiger partial charge on any atom is -0.268 e. The summed E-state index contributed by atoms with van der Waals surface area (Å²) in [6.07, 6.45) is -3.06. The summed E-state index contributed by atoms with van der Waals surface area (Å²) >= 11 is 0. The van der Waals surface area contributed by atoms with Crippen molar-refractivity contribution < 1.29 is 13.2 Å². The molecule has 0 spiro atoms. The topological polar surface area (TPSA) is 17.8 Å². The van der Waals surface area contributed by atoms with E-state index in [-0.39, 0.29) is 0 Å². The Bertz CT molecular complexity index is 761. The van der Waals surface area contributed by atoms with Gasteiger partial charge in [-0.05, 0) is 22.8 Å². The molecule has 22 heavy (non-hydrogen) atoms. The minimum atomic E-state index is -4.41. The van der Waals surface area contributed by atoms with Crippen LogP contribution in [-0.4, -0.2) is 9.78 Å². The predicted molar refractivity (Wildman–Crippen MR) is 78.2 cm³/mol. The van der Waals surface area contributed by atoms with Gasteiger partial charge in [-0.15, -0.1) is 0 Å². The highest BCUT2D eigenvalue weighted by Gasteiger charge is 2.33. The van der Waals surface area contributed by atoms with E-state index >= 15 is 0 Å². The zero-order chi connectivity index (χ0) is 15.6. The molecule has 0 saturated carbocycles. The fourth-order valence-corrected chi connectivity index (χ4v) is 2.33. The lowest BCUT2D eigenvalue weighted by atomic mass is 10.00. The van der Waals surface area contributed by atoms with Gasteiger partial charge < -0.3 is 0 Å². The first kappa shape index (κ1) is 14.4. The fourth-order valence-electron chi connectivity index (χ4n) is 2.33. The van der Waals surface area contributed by atoms with Crippen molar-refractivity contribution >= 4 is 0 Å². The molecular weight excluding hydrogens is 289 g/mol. The standard InChI is InChI=1S/C17H13F3N2/c18-17(19,20)16-10-11-22(21-16)12-14-8-4-5-9-15(14)13-6-2-1-3-7-13/h1-11H,12H2. The molecule has 0 aliphatic rings. The van der Waals surface area contributed by atoms with E-state index in [0.29, 0.717) is 6.54 Å². The van der Waals surface area contributed by atoms with Crippen molar-refractivity contribution in [3.8, 4) is 11.1 Å². The van der Waals surface area contributed by atoms with Crippen LogP contribution in [0.15, 0.2) is 66.9 Å². The highest BCUT2D eigenvalue weighted by Crippen LogP contribution is 2.28. The van der Waals surface area contributed by atoms with Crippen LogP contribution >= 0.6 is 0 Å². The Morgan fingerprint density at radius 3 is 2.23 bits per heavy atom. The number of rotatable bonds is 3. The van der Waals surface area contributed by atoms with E-state index in [4.69, 9.17) is 0 Å². The number of nitrogens with zero attached hydrogens (tertiary/aromatic N) is 2. The predicted octanol–water partition coefficient (Wildman–Crippen LogP) is 4.62. The Kier molecular flexibility index (Phi) is 3.71. The zero-order valence-corrected chi connectivity index (χ0v) is 11.6. The van der Waals surface area contributed by atoms with E-state index in [0.717, 1.165) is 22.8 Å². The average molecular weight is 302 g/mol. The smallest absolute Gasteiger partial charge is 0.268 e. The summed E-state index contributed by atoms with van der Waals surface area (Å²) in [6.45, 7) is 0.293.